The van der Waals surface area contributed by atoms with Gasteiger partial charge >= 0.3 is 5.97 Å². The number of ketones is 2. The van der Waals surface area contributed by atoms with Crippen molar-refractivity contribution in [2.75, 3.05) is 10.6 Å². The molecule has 0 atom stereocenters. The van der Waals surface area contributed by atoms with Crippen LogP contribution in [0.5, 0.6) is 40.2 Å². The molecule has 0 bridgehead atoms. The third-order valence-corrected chi connectivity index (χ3v) is 17.6. The van der Waals surface area contributed by atoms with Gasteiger partial charge in [-0.25, -0.2) is 4.79 Å². The van der Waals surface area contributed by atoms with E-state index < -0.39 is 29.0 Å². The number of benzene rings is 7. The summed E-state index contributed by atoms with van der Waals surface area (Å²) in [5, 5.41) is 31.5. The maximum atomic E-state index is 15.6. The summed E-state index contributed by atoms with van der Waals surface area (Å²) >= 11 is 0. The van der Waals surface area contributed by atoms with Crippen molar-refractivity contribution in [1.82, 2.24) is 0 Å². The molecule has 10 nitrogen and oxygen atoms in total. The normalized spacial score (nSPS) is 17.5. The first-order chi connectivity index (χ1) is 40.5. The number of aryl methyl sites for hydroxylation is 2. The maximum Gasteiger partial charge on any atom is 0.343 e. The van der Waals surface area contributed by atoms with E-state index in [2.05, 4.69) is 62.6 Å². The quantitative estimate of drug-likeness (QED) is 0.0262. The van der Waals surface area contributed by atoms with Crippen LogP contribution in [0, 0.1) is 11.8 Å². The number of fused-ring (bicyclic) bond motifs is 2. The van der Waals surface area contributed by atoms with Crippen LogP contribution in [-0.4, -0.2) is 27.7 Å². The fraction of sp³-hybridized carbons (Fsp3) is 0.384. The highest BCUT2D eigenvalue weighted by Crippen LogP contribution is 2.51. The van der Waals surface area contributed by atoms with Gasteiger partial charge in [0.2, 0.25) is 11.6 Å². The van der Waals surface area contributed by atoms with Gasteiger partial charge in [0.05, 0.1) is 39.2 Å². The summed E-state index contributed by atoms with van der Waals surface area (Å²) in [7, 11) is 0. The zero-order valence-electron chi connectivity index (χ0n) is 49.0. The fourth-order valence-corrected chi connectivity index (χ4v) is 12.6. The summed E-state index contributed by atoms with van der Waals surface area (Å²) in [4.78, 5) is 44.4. The molecule has 0 unspecified atom stereocenters. The zero-order valence-corrected chi connectivity index (χ0v) is 49.0. The second kappa shape index (κ2) is 27.5. The van der Waals surface area contributed by atoms with Gasteiger partial charge in [-0.1, -0.05) is 128 Å². The van der Waals surface area contributed by atoms with Crippen LogP contribution in [0.3, 0.4) is 0 Å². The van der Waals surface area contributed by atoms with Crippen LogP contribution in [0.15, 0.2) is 133 Å². The Labute approximate surface area is 491 Å². The zero-order chi connectivity index (χ0) is 57.8. The smallest absolute Gasteiger partial charge is 0.343 e. The molecule has 0 aliphatic heterocycles. The van der Waals surface area contributed by atoms with E-state index in [1.807, 2.05) is 60.7 Å². The standard InChI is InChI=1S/C73H82N2O8/c1-5-9-13-47-17-25-51(26-18-47)53-31-39-58(40-32-53)81-63-45-61(74-56-35-23-50(24-36-56)16-12-8-4)65-67(69(63)76)72(79)66-62(75-57-37-43-60(44-38-57)83-73(80)55-29-21-49(22-30-55)15-11-7-3)46-64(70(77)68(66)71(65)78)82-59-41-33-54(34-42-59)52-27-19-48(20-28-52)14-10-6-2/h21-24,29-48,51-52,74-77H,5-20,25-28H2,1-4H3. The first-order valence-corrected chi connectivity index (χ1v) is 31.0. The minimum absolute atomic E-state index is 0.0242. The number of phenols is 2. The largest absolute Gasteiger partial charge is 0.504 e. The monoisotopic (exact) mass is 1110 g/mol. The molecule has 3 aliphatic carbocycles. The topological polar surface area (TPSA) is 143 Å². The van der Waals surface area contributed by atoms with Crippen molar-refractivity contribution in [2.24, 2.45) is 11.8 Å². The van der Waals surface area contributed by atoms with E-state index in [0.717, 1.165) is 81.6 Å². The second-order valence-electron chi connectivity index (χ2n) is 23.5. The molecule has 0 aromatic heterocycles. The second-order valence-corrected chi connectivity index (χ2v) is 23.5. The van der Waals surface area contributed by atoms with E-state index >= 15 is 9.59 Å². The first kappa shape index (κ1) is 58.4. The van der Waals surface area contributed by atoms with Gasteiger partial charge in [0.15, 0.2) is 23.0 Å². The van der Waals surface area contributed by atoms with Crippen molar-refractivity contribution >= 4 is 40.3 Å². The van der Waals surface area contributed by atoms with Crippen LogP contribution >= 0.6 is 0 Å². The van der Waals surface area contributed by atoms with Crippen LogP contribution in [0.25, 0.3) is 0 Å². The lowest BCUT2D eigenvalue weighted by atomic mass is 9.77. The molecule has 4 N–H and O–H groups in total. The fourth-order valence-electron chi connectivity index (χ4n) is 12.6. The molecule has 0 radical (unpaired) electrons. The van der Waals surface area contributed by atoms with Crippen LogP contribution in [0.4, 0.5) is 22.7 Å². The molecule has 10 heteroatoms. The summed E-state index contributed by atoms with van der Waals surface area (Å²) in [6.07, 6.45) is 23.2. The molecule has 0 amide bonds. The van der Waals surface area contributed by atoms with Gasteiger partial charge in [-0.05, 0) is 196 Å². The number of hydrogen-bond donors (Lipinski definition) is 4. The molecule has 7 aromatic carbocycles. The number of rotatable bonds is 24. The summed E-state index contributed by atoms with van der Waals surface area (Å²) in [5.41, 5.74) is 5.86. The van der Waals surface area contributed by atoms with Gasteiger partial charge < -0.3 is 35.1 Å². The molecule has 0 spiro atoms. The SMILES string of the molecule is CCCCc1ccc(Nc2cc(Oc3ccc(C4CCC(CCCC)CC4)cc3)c(O)c3c2C(=O)c2c(O)c(Oc4ccc(C5CCC(CCCC)CC5)cc4)cc(Nc4ccc(OC(=O)c5ccc(CCCC)cc5)cc4)c2C3=O)cc1. The molecular weight excluding hydrogens is 1030 g/mol. The number of unbranched alkanes of at least 4 members (excludes halogenated alkanes) is 4. The lowest BCUT2D eigenvalue weighted by Crippen LogP contribution is -2.24. The van der Waals surface area contributed by atoms with Crippen LogP contribution in [0.1, 0.15) is 220 Å². The van der Waals surface area contributed by atoms with Crippen LogP contribution < -0.4 is 24.8 Å². The molecule has 2 fully saturated rings. The Balaban J connectivity index is 0.991. The molecule has 0 saturated heterocycles. The highest BCUT2D eigenvalue weighted by molar-refractivity contribution is 6.34. The number of nitrogens with one attached hydrogen (secondary N) is 2. The Bertz CT molecular complexity index is 3330. The highest BCUT2D eigenvalue weighted by atomic mass is 16.5. The number of carbonyl (C=O) groups is 3. The lowest BCUT2D eigenvalue weighted by molar-refractivity contribution is 0.0734. The summed E-state index contributed by atoms with van der Waals surface area (Å²) in [6.45, 7) is 8.81. The van der Waals surface area contributed by atoms with E-state index in [1.54, 1.807) is 42.5 Å². The van der Waals surface area contributed by atoms with Gasteiger partial charge in [-0.3, -0.25) is 9.59 Å². The molecule has 432 valence electrons. The van der Waals surface area contributed by atoms with Crippen molar-refractivity contribution in [1.29, 1.82) is 0 Å². The lowest BCUT2D eigenvalue weighted by Gasteiger charge is -2.29. The molecule has 2 saturated carbocycles. The van der Waals surface area contributed by atoms with E-state index in [1.165, 1.54) is 87.0 Å². The average molecular weight is 1120 g/mol. The number of phenolic OH excluding ortho intramolecular Hbond substituents is 2. The Hall–Kier alpha value is -7.85. The Morgan fingerprint density at radius 1 is 0.458 bits per heavy atom. The minimum atomic E-state index is -0.718. The van der Waals surface area contributed by atoms with Gasteiger partial charge in [-0.15, -0.1) is 0 Å². The van der Waals surface area contributed by atoms with Crippen molar-refractivity contribution in [3.05, 3.63) is 184 Å². The predicted octanol–water partition coefficient (Wildman–Crippen LogP) is 19.8. The first-order valence-electron chi connectivity index (χ1n) is 31.0. The van der Waals surface area contributed by atoms with Crippen LogP contribution in [-0.2, 0) is 12.8 Å². The van der Waals surface area contributed by atoms with E-state index in [9.17, 15) is 15.0 Å². The average Bonchev–Trinajstić information content (AvgIpc) is 1.91. The third-order valence-electron chi connectivity index (χ3n) is 17.6. The van der Waals surface area contributed by atoms with E-state index in [0.29, 0.717) is 46.0 Å². The maximum absolute atomic E-state index is 15.6. The number of aromatic hydroxyl groups is 2. The summed E-state index contributed by atoms with van der Waals surface area (Å²) in [5.74, 6) is 0.659. The van der Waals surface area contributed by atoms with Crippen molar-refractivity contribution in [2.45, 2.75) is 168 Å². The highest BCUT2D eigenvalue weighted by Gasteiger charge is 2.41. The van der Waals surface area contributed by atoms with Gasteiger partial charge in [0, 0.05) is 23.5 Å². The number of esters is 1. The number of ether oxygens (including phenoxy) is 3. The molecule has 10 rings (SSSR count). The van der Waals surface area contributed by atoms with E-state index in [-0.39, 0.29) is 45.1 Å². The number of anilines is 4. The minimum Gasteiger partial charge on any atom is -0.504 e. The van der Waals surface area contributed by atoms with Gasteiger partial charge in [-0.2, -0.15) is 0 Å². The molecular formula is C73H82N2O8. The summed E-state index contributed by atoms with van der Waals surface area (Å²) < 4.78 is 18.8. The molecule has 7 aromatic rings. The van der Waals surface area contributed by atoms with Gasteiger partial charge in [0.25, 0.3) is 0 Å². The Morgan fingerprint density at radius 3 is 1.23 bits per heavy atom. The van der Waals surface area contributed by atoms with Crippen molar-refractivity contribution < 1.29 is 38.8 Å². The van der Waals surface area contributed by atoms with Gasteiger partial charge in [0.1, 0.15) is 17.2 Å². The van der Waals surface area contributed by atoms with Crippen molar-refractivity contribution in [3.63, 3.8) is 0 Å². The number of hydrogen-bond acceptors (Lipinski definition) is 10. The third kappa shape index (κ3) is 14.0. The predicted molar refractivity (Wildman–Crippen MR) is 333 cm³/mol. The van der Waals surface area contributed by atoms with Crippen molar-refractivity contribution in [3.8, 4) is 40.2 Å². The molecule has 0 heterocycles. The molecule has 3 aliphatic rings. The number of carbonyl (C=O) groups excluding carboxylic acids is 3. The molecule has 83 heavy (non-hydrogen) atoms. The van der Waals surface area contributed by atoms with E-state index in [4.69, 9.17) is 14.2 Å². The van der Waals surface area contributed by atoms with Crippen LogP contribution in [0.2, 0.25) is 0 Å². The summed E-state index contributed by atoms with van der Waals surface area (Å²) in [6, 6.07) is 41.0. The Morgan fingerprint density at radius 2 is 0.831 bits per heavy atom. The Kier molecular flexibility index (Phi) is 19.3.